The number of amides is 2. The predicted molar refractivity (Wildman–Crippen MR) is 122 cm³/mol. The molecule has 1 aliphatic rings. The maximum atomic E-state index is 13.2. The van der Waals surface area contributed by atoms with Crippen LogP contribution in [0.25, 0.3) is 11.0 Å². The van der Waals surface area contributed by atoms with Gasteiger partial charge in [-0.15, -0.1) is 11.8 Å². The lowest BCUT2D eigenvalue weighted by Gasteiger charge is -2.20. The fraction of sp³-hybridized carbons (Fsp3) is 0.125. The largest absolute Gasteiger partial charge is 0.345 e. The van der Waals surface area contributed by atoms with E-state index in [0.717, 1.165) is 32.8 Å². The molecule has 0 saturated carbocycles. The van der Waals surface area contributed by atoms with Gasteiger partial charge >= 0.3 is 0 Å². The highest BCUT2D eigenvalue weighted by Crippen LogP contribution is 2.32. The standard InChI is InChI=1S/C24H20N4O2S/c29-22-10-11-31-21-9-7-17(13-20(21)27-22)24(30)28-23(15-4-2-1-3-5-15)16-6-8-18-19(12-16)26-14-25-18/h1-9,12-14,23H,10-11H2,(H,25,26)(H,27,29)(H,28,30). The van der Waals surface area contributed by atoms with E-state index >= 15 is 0 Å². The molecular formula is C24H20N4O2S. The number of thioether (sulfide) groups is 1. The van der Waals surface area contributed by atoms with E-state index in [2.05, 4.69) is 20.6 Å². The Morgan fingerprint density at radius 3 is 2.77 bits per heavy atom. The molecule has 0 saturated heterocycles. The number of hydrogen-bond acceptors (Lipinski definition) is 4. The summed E-state index contributed by atoms with van der Waals surface area (Å²) < 4.78 is 0. The molecule has 1 atom stereocenters. The highest BCUT2D eigenvalue weighted by Gasteiger charge is 2.20. The second-order valence-corrected chi connectivity index (χ2v) is 8.49. The minimum atomic E-state index is -0.329. The molecule has 1 aliphatic heterocycles. The van der Waals surface area contributed by atoms with E-state index in [1.807, 2.05) is 54.6 Å². The summed E-state index contributed by atoms with van der Waals surface area (Å²) in [6.45, 7) is 0. The molecule has 4 aromatic rings. The quantitative estimate of drug-likeness (QED) is 0.446. The number of anilines is 1. The third-order valence-corrected chi connectivity index (χ3v) is 6.36. The number of carbonyl (C=O) groups excluding carboxylic acids is 2. The Balaban J connectivity index is 1.48. The summed E-state index contributed by atoms with van der Waals surface area (Å²) in [6.07, 6.45) is 2.12. The molecule has 1 unspecified atom stereocenters. The van der Waals surface area contributed by atoms with Gasteiger partial charge in [-0.3, -0.25) is 9.59 Å². The first kappa shape index (κ1) is 19.4. The van der Waals surface area contributed by atoms with Crippen LogP contribution in [0.2, 0.25) is 0 Å². The highest BCUT2D eigenvalue weighted by molar-refractivity contribution is 7.99. The van der Waals surface area contributed by atoms with Gasteiger partial charge in [0.1, 0.15) is 0 Å². The SMILES string of the molecule is O=C1CCSc2ccc(C(=O)NC(c3ccccc3)c3ccc4nc[nH]c4c3)cc2N1. The topological polar surface area (TPSA) is 86.9 Å². The van der Waals surface area contributed by atoms with Crippen LogP contribution in [-0.4, -0.2) is 27.5 Å². The van der Waals surface area contributed by atoms with E-state index in [1.54, 1.807) is 30.2 Å². The first-order valence-electron chi connectivity index (χ1n) is 10.0. The summed E-state index contributed by atoms with van der Waals surface area (Å²) in [7, 11) is 0. The van der Waals surface area contributed by atoms with Crippen molar-refractivity contribution >= 4 is 40.3 Å². The Kier molecular flexibility index (Phi) is 5.18. The van der Waals surface area contributed by atoms with E-state index in [1.165, 1.54) is 0 Å². The number of benzene rings is 3. The zero-order valence-corrected chi connectivity index (χ0v) is 17.4. The molecule has 3 aromatic carbocycles. The van der Waals surface area contributed by atoms with Gasteiger partial charge in [0.25, 0.3) is 5.91 Å². The van der Waals surface area contributed by atoms with Crippen LogP contribution in [0.4, 0.5) is 5.69 Å². The lowest BCUT2D eigenvalue weighted by Crippen LogP contribution is -2.29. The Hall–Kier alpha value is -3.58. The predicted octanol–water partition coefficient (Wildman–Crippen LogP) is 4.52. The molecular weight excluding hydrogens is 408 g/mol. The first-order valence-corrected chi connectivity index (χ1v) is 11.0. The third kappa shape index (κ3) is 4.04. The number of fused-ring (bicyclic) bond motifs is 2. The van der Waals surface area contributed by atoms with Gasteiger partial charge in [0.2, 0.25) is 5.91 Å². The van der Waals surface area contributed by atoms with Gasteiger partial charge < -0.3 is 15.6 Å². The van der Waals surface area contributed by atoms with Gasteiger partial charge in [0, 0.05) is 22.6 Å². The molecule has 0 radical (unpaired) electrons. The Morgan fingerprint density at radius 1 is 1.03 bits per heavy atom. The number of carbonyl (C=O) groups is 2. The molecule has 31 heavy (non-hydrogen) atoms. The number of hydrogen-bond donors (Lipinski definition) is 3. The summed E-state index contributed by atoms with van der Waals surface area (Å²) >= 11 is 1.62. The van der Waals surface area contributed by atoms with E-state index in [-0.39, 0.29) is 17.9 Å². The summed E-state index contributed by atoms with van der Waals surface area (Å²) in [4.78, 5) is 33.5. The van der Waals surface area contributed by atoms with Crippen molar-refractivity contribution in [2.75, 3.05) is 11.1 Å². The van der Waals surface area contributed by atoms with Gasteiger partial charge in [-0.2, -0.15) is 0 Å². The fourth-order valence-electron chi connectivity index (χ4n) is 3.71. The first-order chi connectivity index (χ1) is 15.2. The van der Waals surface area contributed by atoms with Gasteiger partial charge in [-0.25, -0.2) is 4.98 Å². The molecule has 154 valence electrons. The van der Waals surface area contributed by atoms with E-state index in [9.17, 15) is 9.59 Å². The molecule has 2 heterocycles. The number of rotatable bonds is 4. The number of imidazole rings is 1. The maximum absolute atomic E-state index is 13.2. The Bertz CT molecular complexity index is 1270. The lowest BCUT2D eigenvalue weighted by molar-refractivity contribution is -0.115. The van der Waals surface area contributed by atoms with Gasteiger partial charge in [-0.1, -0.05) is 36.4 Å². The van der Waals surface area contributed by atoms with Crippen LogP contribution in [0.3, 0.4) is 0 Å². The molecule has 0 aliphatic carbocycles. The summed E-state index contributed by atoms with van der Waals surface area (Å²) in [5, 5.41) is 6.06. The molecule has 5 rings (SSSR count). The van der Waals surface area contributed by atoms with E-state index < -0.39 is 0 Å². The van der Waals surface area contributed by atoms with Crippen molar-refractivity contribution in [1.82, 2.24) is 15.3 Å². The summed E-state index contributed by atoms with van der Waals surface area (Å²) in [6, 6.07) is 20.9. The van der Waals surface area contributed by atoms with Crippen LogP contribution in [0.5, 0.6) is 0 Å². The normalized spacial score (nSPS) is 14.4. The number of nitrogens with one attached hydrogen (secondary N) is 3. The lowest BCUT2D eigenvalue weighted by atomic mass is 9.97. The van der Waals surface area contributed by atoms with E-state index in [0.29, 0.717) is 17.7 Å². The molecule has 1 aromatic heterocycles. The molecule has 0 spiro atoms. The number of aromatic nitrogens is 2. The highest BCUT2D eigenvalue weighted by atomic mass is 32.2. The average Bonchev–Trinajstić information content (AvgIpc) is 3.18. The van der Waals surface area contributed by atoms with Crippen LogP contribution in [0.1, 0.15) is 33.9 Å². The van der Waals surface area contributed by atoms with Gasteiger partial charge in [-0.05, 0) is 41.5 Å². The average molecular weight is 429 g/mol. The molecule has 7 heteroatoms. The number of nitrogens with zero attached hydrogens (tertiary/aromatic N) is 1. The smallest absolute Gasteiger partial charge is 0.252 e. The van der Waals surface area contributed by atoms with Crippen molar-refractivity contribution in [1.29, 1.82) is 0 Å². The molecule has 0 fully saturated rings. The van der Waals surface area contributed by atoms with Crippen LogP contribution in [-0.2, 0) is 4.79 Å². The van der Waals surface area contributed by atoms with Gasteiger partial charge in [0.05, 0.1) is 29.1 Å². The third-order valence-electron chi connectivity index (χ3n) is 5.29. The second-order valence-electron chi connectivity index (χ2n) is 7.35. The zero-order valence-electron chi connectivity index (χ0n) is 16.6. The van der Waals surface area contributed by atoms with Crippen LogP contribution < -0.4 is 10.6 Å². The molecule has 2 amide bonds. The summed E-state index contributed by atoms with van der Waals surface area (Å²) in [5.41, 5.74) is 4.92. The van der Waals surface area contributed by atoms with E-state index in [4.69, 9.17) is 0 Å². The zero-order chi connectivity index (χ0) is 21.2. The number of aromatic amines is 1. The molecule has 3 N–H and O–H groups in total. The van der Waals surface area contributed by atoms with Crippen molar-refractivity contribution in [2.24, 2.45) is 0 Å². The molecule has 0 bridgehead atoms. The van der Waals surface area contributed by atoms with Gasteiger partial charge in [0.15, 0.2) is 0 Å². The van der Waals surface area contributed by atoms with Crippen molar-refractivity contribution in [3.05, 3.63) is 89.7 Å². The maximum Gasteiger partial charge on any atom is 0.252 e. The monoisotopic (exact) mass is 428 g/mol. The minimum Gasteiger partial charge on any atom is -0.345 e. The Labute approximate surface area is 183 Å². The summed E-state index contributed by atoms with van der Waals surface area (Å²) in [5.74, 6) is 0.500. The molecule has 6 nitrogen and oxygen atoms in total. The Morgan fingerprint density at radius 2 is 1.90 bits per heavy atom. The second kappa shape index (κ2) is 8.28. The van der Waals surface area contributed by atoms with Crippen molar-refractivity contribution in [3.8, 4) is 0 Å². The van der Waals surface area contributed by atoms with Crippen molar-refractivity contribution in [2.45, 2.75) is 17.4 Å². The number of H-pyrrole nitrogens is 1. The van der Waals surface area contributed by atoms with Crippen molar-refractivity contribution in [3.63, 3.8) is 0 Å². The van der Waals surface area contributed by atoms with Crippen LogP contribution >= 0.6 is 11.8 Å². The van der Waals surface area contributed by atoms with Crippen LogP contribution in [0.15, 0.2) is 78.0 Å². The van der Waals surface area contributed by atoms with Crippen LogP contribution in [0, 0.1) is 0 Å². The fourth-order valence-corrected chi connectivity index (χ4v) is 4.65. The minimum absolute atomic E-state index is 0.0289. The van der Waals surface area contributed by atoms with Crippen molar-refractivity contribution < 1.29 is 9.59 Å².